The van der Waals surface area contributed by atoms with Crippen LogP contribution in [-0.2, 0) is 24.4 Å². The van der Waals surface area contributed by atoms with Gasteiger partial charge in [-0.2, -0.15) is 5.26 Å². The molecule has 3 aromatic rings. The highest BCUT2D eigenvalue weighted by Crippen LogP contribution is 2.29. The predicted molar refractivity (Wildman–Crippen MR) is 124 cm³/mol. The van der Waals surface area contributed by atoms with Crippen LogP contribution >= 0.6 is 0 Å². The molecular formula is C26H28FN5O2. The maximum atomic E-state index is 14.1. The third-order valence-electron chi connectivity index (χ3n) is 6.67. The number of nitrogens with zero attached hydrogens (tertiary/aromatic N) is 5. The third kappa shape index (κ3) is 5.27. The van der Waals surface area contributed by atoms with Crippen LogP contribution in [0, 0.1) is 17.1 Å². The molecule has 2 aliphatic rings. The number of likely N-dealkylation sites (tertiary alicyclic amines) is 1. The minimum atomic E-state index is -0.441. The number of pyridine rings is 1. The van der Waals surface area contributed by atoms with Gasteiger partial charge in [0.15, 0.2) is 0 Å². The Balaban J connectivity index is 1.14. The van der Waals surface area contributed by atoms with E-state index in [9.17, 15) is 4.39 Å². The maximum Gasteiger partial charge on any atom is 0.213 e. The van der Waals surface area contributed by atoms with E-state index in [1.807, 2.05) is 30.6 Å². The number of imidazole rings is 1. The first-order valence-corrected chi connectivity index (χ1v) is 11.8. The lowest BCUT2D eigenvalue weighted by Crippen LogP contribution is -2.35. The third-order valence-corrected chi connectivity index (χ3v) is 6.67. The minimum Gasteiger partial charge on any atom is -0.473 e. The molecule has 4 heterocycles. The molecule has 0 spiro atoms. The van der Waals surface area contributed by atoms with E-state index < -0.39 is 5.82 Å². The van der Waals surface area contributed by atoms with Gasteiger partial charge in [0, 0.05) is 42.2 Å². The molecule has 0 bridgehead atoms. The summed E-state index contributed by atoms with van der Waals surface area (Å²) >= 11 is 0. The van der Waals surface area contributed by atoms with Crippen molar-refractivity contribution in [2.45, 2.75) is 51.0 Å². The molecule has 5 rings (SSSR count). The fourth-order valence-electron chi connectivity index (χ4n) is 4.52. The van der Waals surface area contributed by atoms with Crippen LogP contribution in [0.3, 0.4) is 0 Å². The molecule has 1 atom stereocenters. The molecular weight excluding hydrogens is 433 g/mol. The van der Waals surface area contributed by atoms with Crippen molar-refractivity contribution in [3.05, 3.63) is 77.3 Å². The van der Waals surface area contributed by atoms with Gasteiger partial charge in [-0.15, -0.1) is 0 Å². The summed E-state index contributed by atoms with van der Waals surface area (Å²) < 4.78 is 27.7. The van der Waals surface area contributed by atoms with Gasteiger partial charge >= 0.3 is 0 Å². The van der Waals surface area contributed by atoms with Gasteiger partial charge in [-0.05, 0) is 50.6 Å². The van der Waals surface area contributed by atoms with Crippen molar-refractivity contribution in [3.8, 4) is 11.9 Å². The molecule has 0 amide bonds. The summed E-state index contributed by atoms with van der Waals surface area (Å²) in [5.74, 6) is 1.51. The van der Waals surface area contributed by atoms with Crippen molar-refractivity contribution in [3.63, 3.8) is 0 Å². The summed E-state index contributed by atoms with van der Waals surface area (Å²) in [5.41, 5.74) is 1.71. The van der Waals surface area contributed by atoms with Crippen LogP contribution in [0.2, 0.25) is 0 Å². The standard InChI is InChI=1S/C26H28FN5O2/c27-23-14-19(15-28)4-5-21(23)18-34-26-3-1-2-24(30-26)20-6-10-31(11-7-20)17-25-29-9-12-32(25)16-22-8-13-33-22/h1-5,9,12,14,20,22H,6-8,10-11,13,16-18H2/t22-/m0/s1. The first kappa shape index (κ1) is 22.5. The summed E-state index contributed by atoms with van der Waals surface area (Å²) in [7, 11) is 0. The fraction of sp³-hybridized carbons (Fsp3) is 0.423. The Morgan fingerprint density at radius 1 is 1.18 bits per heavy atom. The van der Waals surface area contributed by atoms with E-state index in [2.05, 4.69) is 14.5 Å². The number of nitriles is 1. The number of aromatic nitrogens is 3. The van der Waals surface area contributed by atoms with Gasteiger partial charge in [0.05, 0.1) is 30.8 Å². The van der Waals surface area contributed by atoms with Gasteiger partial charge in [0.25, 0.3) is 0 Å². The van der Waals surface area contributed by atoms with Crippen LogP contribution in [0.25, 0.3) is 0 Å². The molecule has 2 fully saturated rings. The summed E-state index contributed by atoms with van der Waals surface area (Å²) in [6.07, 6.45) is 7.41. The van der Waals surface area contributed by atoms with Crippen molar-refractivity contribution >= 4 is 0 Å². The van der Waals surface area contributed by atoms with E-state index in [0.717, 1.165) is 63.6 Å². The van der Waals surface area contributed by atoms with Crippen LogP contribution in [0.4, 0.5) is 4.39 Å². The van der Waals surface area contributed by atoms with E-state index in [1.165, 1.54) is 6.07 Å². The van der Waals surface area contributed by atoms with Gasteiger partial charge in [-0.3, -0.25) is 4.90 Å². The Kier molecular flexibility index (Phi) is 6.84. The molecule has 0 aliphatic carbocycles. The van der Waals surface area contributed by atoms with E-state index in [1.54, 1.807) is 18.2 Å². The highest BCUT2D eigenvalue weighted by Gasteiger charge is 2.24. The number of piperidine rings is 1. The fourth-order valence-corrected chi connectivity index (χ4v) is 4.52. The lowest BCUT2D eigenvalue weighted by atomic mass is 9.93. The Labute approximate surface area is 198 Å². The van der Waals surface area contributed by atoms with Crippen molar-refractivity contribution in [2.24, 2.45) is 0 Å². The van der Waals surface area contributed by atoms with Gasteiger partial charge in [-0.25, -0.2) is 14.4 Å². The van der Waals surface area contributed by atoms with Gasteiger partial charge < -0.3 is 14.0 Å². The number of rotatable bonds is 8. The van der Waals surface area contributed by atoms with Crippen LogP contribution in [-0.4, -0.2) is 45.2 Å². The molecule has 34 heavy (non-hydrogen) atoms. The second-order valence-corrected chi connectivity index (χ2v) is 8.94. The number of halogens is 1. The SMILES string of the molecule is N#Cc1ccc(COc2cccc(C3CCN(Cc4nccn4C[C@@H]4CCO4)CC3)n2)c(F)c1. The largest absolute Gasteiger partial charge is 0.473 e. The topological polar surface area (TPSA) is 76.2 Å². The lowest BCUT2D eigenvalue weighted by Gasteiger charge is -2.32. The van der Waals surface area contributed by atoms with Crippen molar-refractivity contribution in [2.75, 3.05) is 19.7 Å². The van der Waals surface area contributed by atoms with Crippen LogP contribution in [0.1, 0.15) is 47.8 Å². The van der Waals surface area contributed by atoms with Crippen LogP contribution < -0.4 is 4.74 Å². The summed E-state index contributed by atoms with van der Waals surface area (Å²) in [5, 5.41) is 8.88. The minimum absolute atomic E-state index is 0.0744. The quantitative estimate of drug-likeness (QED) is 0.504. The van der Waals surface area contributed by atoms with E-state index in [4.69, 9.17) is 19.7 Å². The van der Waals surface area contributed by atoms with Crippen molar-refractivity contribution in [1.29, 1.82) is 5.26 Å². The molecule has 1 aromatic carbocycles. The molecule has 0 radical (unpaired) electrons. The average Bonchev–Trinajstić information content (AvgIpc) is 3.28. The van der Waals surface area contributed by atoms with Crippen molar-refractivity contribution in [1.82, 2.24) is 19.4 Å². The molecule has 7 nitrogen and oxygen atoms in total. The predicted octanol–water partition coefficient (Wildman–Crippen LogP) is 4.04. The first-order valence-electron chi connectivity index (χ1n) is 11.8. The van der Waals surface area contributed by atoms with E-state index >= 15 is 0 Å². The number of benzene rings is 1. The second-order valence-electron chi connectivity index (χ2n) is 8.94. The monoisotopic (exact) mass is 461 g/mol. The zero-order chi connectivity index (χ0) is 23.3. The number of ether oxygens (including phenoxy) is 2. The van der Waals surface area contributed by atoms with Crippen molar-refractivity contribution < 1.29 is 13.9 Å². The van der Waals surface area contributed by atoms with E-state index in [0.29, 0.717) is 29.0 Å². The lowest BCUT2D eigenvalue weighted by molar-refractivity contribution is -0.0598. The van der Waals surface area contributed by atoms with Gasteiger partial charge in [-0.1, -0.05) is 12.1 Å². The molecule has 0 N–H and O–H groups in total. The summed E-state index contributed by atoms with van der Waals surface area (Å²) in [6, 6.07) is 12.1. The molecule has 0 saturated carbocycles. The number of hydrogen-bond donors (Lipinski definition) is 0. The Hall–Kier alpha value is -3.28. The average molecular weight is 462 g/mol. The normalized spacial score (nSPS) is 18.9. The van der Waals surface area contributed by atoms with Crippen LogP contribution in [0.5, 0.6) is 5.88 Å². The highest BCUT2D eigenvalue weighted by atomic mass is 19.1. The second kappa shape index (κ2) is 10.3. The zero-order valence-electron chi connectivity index (χ0n) is 19.1. The Bertz CT molecular complexity index is 1160. The maximum absolute atomic E-state index is 14.1. The van der Waals surface area contributed by atoms with Crippen LogP contribution in [0.15, 0.2) is 48.8 Å². The van der Waals surface area contributed by atoms with Gasteiger partial charge in [0.2, 0.25) is 5.88 Å². The van der Waals surface area contributed by atoms with E-state index in [-0.39, 0.29) is 6.61 Å². The molecule has 8 heteroatoms. The van der Waals surface area contributed by atoms with Gasteiger partial charge in [0.1, 0.15) is 18.2 Å². The number of hydrogen-bond acceptors (Lipinski definition) is 6. The molecule has 2 aliphatic heterocycles. The Morgan fingerprint density at radius 2 is 2.03 bits per heavy atom. The highest BCUT2D eigenvalue weighted by molar-refractivity contribution is 5.33. The zero-order valence-corrected chi connectivity index (χ0v) is 19.1. The first-order chi connectivity index (χ1) is 16.7. The molecule has 176 valence electrons. The smallest absolute Gasteiger partial charge is 0.213 e. The molecule has 2 saturated heterocycles. The Morgan fingerprint density at radius 3 is 2.76 bits per heavy atom. The summed E-state index contributed by atoms with van der Waals surface area (Å²) in [4.78, 5) is 11.7. The molecule has 2 aromatic heterocycles. The molecule has 0 unspecified atom stereocenters. The summed E-state index contributed by atoms with van der Waals surface area (Å²) in [6.45, 7) is 4.65.